The number of carbonyl (C=O) groups excluding carboxylic acids is 1. The zero-order valence-electron chi connectivity index (χ0n) is 15.3. The summed E-state index contributed by atoms with van der Waals surface area (Å²) in [6.45, 7) is 3.41. The average molecular weight is 391 g/mol. The van der Waals surface area contributed by atoms with Gasteiger partial charge in [-0.2, -0.15) is 4.31 Å². The SMILES string of the molecule is CCc1cccc(C)c1NC(=O)CN(C)S(=O)(=O)c1cccc([N+](=O)[O-])c1. The van der Waals surface area contributed by atoms with E-state index in [2.05, 4.69) is 5.32 Å². The molecular formula is C18H21N3O5S. The minimum absolute atomic E-state index is 0.239. The highest BCUT2D eigenvalue weighted by Gasteiger charge is 2.25. The zero-order chi connectivity index (χ0) is 20.2. The highest BCUT2D eigenvalue weighted by atomic mass is 32.2. The van der Waals surface area contributed by atoms with E-state index >= 15 is 0 Å². The molecule has 0 heterocycles. The average Bonchev–Trinajstić information content (AvgIpc) is 2.63. The van der Waals surface area contributed by atoms with Crippen molar-refractivity contribution in [1.29, 1.82) is 0 Å². The van der Waals surface area contributed by atoms with Crippen LogP contribution in [0, 0.1) is 17.0 Å². The molecule has 0 saturated heterocycles. The van der Waals surface area contributed by atoms with E-state index in [1.807, 2.05) is 32.0 Å². The predicted molar refractivity (Wildman–Crippen MR) is 102 cm³/mol. The van der Waals surface area contributed by atoms with Crippen molar-refractivity contribution in [3.05, 3.63) is 63.7 Å². The molecule has 144 valence electrons. The second-order valence-corrected chi connectivity index (χ2v) is 8.07. The fourth-order valence-electron chi connectivity index (χ4n) is 2.61. The van der Waals surface area contributed by atoms with E-state index in [4.69, 9.17) is 0 Å². The summed E-state index contributed by atoms with van der Waals surface area (Å²) in [5, 5.41) is 13.6. The Morgan fingerprint density at radius 1 is 1.22 bits per heavy atom. The largest absolute Gasteiger partial charge is 0.324 e. The maximum absolute atomic E-state index is 12.6. The molecule has 0 aliphatic heterocycles. The highest BCUT2D eigenvalue weighted by molar-refractivity contribution is 7.89. The molecule has 0 aliphatic carbocycles. The molecule has 0 aliphatic rings. The van der Waals surface area contributed by atoms with Crippen LogP contribution in [0.5, 0.6) is 0 Å². The molecular weight excluding hydrogens is 370 g/mol. The van der Waals surface area contributed by atoms with E-state index in [1.54, 1.807) is 0 Å². The van der Waals surface area contributed by atoms with E-state index in [0.29, 0.717) is 5.69 Å². The molecule has 1 amide bonds. The van der Waals surface area contributed by atoms with Gasteiger partial charge in [-0.05, 0) is 30.5 Å². The standard InChI is InChI=1S/C18H21N3O5S/c1-4-14-8-5-7-13(2)18(14)19-17(22)12-20(3)27(25,26)16-10-6-9-15(11-16)21(23)24/h5-11H,4,12H2,1-3H3,(H,19,22). The van der Waals surface area contributed by atoms with Gasteiger partial charge in [0.25, 0.3) is 5.69 Å². The lowest BCUT2D eigenvalue weighted by molar-refractivity contribution is -0.385. The van der Waals surface area contributed by atoms with Crippen LogP contribution in [0.1, 0.15) is 18.1 Å². The fraction of sp³-hybridized carbons (Fsp3) is 0.278. The van der Waals surface area contributed by atoms with Crippen molar-refractivity contribution in [1.82, 2.24) is 4.31 Å². The third-order valence-electron chi connectivity index (χ3n) is 4.11. The maximum Gasteiger partial charge on any atom is 0.270 e. The number of non-ortho nitro benzene ring substituents is 1. The zero-order valence-corrected chi connectivity index (χ0v) is 16.1. The summed E-state index contributed by atoms with van der Waals surface area (Å²) in [6.07, 6.45) is 0.721. The third kappa shape index (κ3) is 4.69. The number of carbonyl (C=O) groups is 1. The summed E-state index contributed by atoms with van der Waals surface area (Å²) in [6, 6.07) is 10.4. The second kappa shape index (κ2) is 8.28. The lowest BCUT2D eigenvalue weighted by Gasteiger charge is -2.18. The van der Waals surface area contributed by atoms with Crippen LogP contribution in [0.3, 0.4) is 0 Å². The maximum atomic E-state index is 12.6. The molecule has 0 spiro atoms. The Hall–Kier alpha value is -2.78. The van der Waals surface area contributed by atoms with Crippen LogP contribution in [0.15, 0.2) is 47.4 Å². The first-order chi connectivity index (χ1) is 12.7. The minimum Gasteiger partial charge on any atom is -0.324 e. The van der Waals surface area contributed by atoms with E-state index in [-0.39, 0.29) is 10.6 Å². The molecule has 0 aromatic heterocycles. The van der Waals surface area contributed by atoms with Crippen molar-refractivity contribution in [2.45, 2.75) is 25.2 Å². The van der Waals surface area contributed by atoms with Crippen molar-refractivity contribution in [3.63, 3.8) is 0 Å². The van der Waals surface area contributed by atoms with Crippen LogP contribution < -0.4 is 5.32 Å². The van der Waals surface area contributed by atoms with Gasteiger partial charge < -0.3 is 5.32 Å². The molecule has 2 rings (SSSR count). The summed E-state index contributed by atoms with van der Waals surface area (Å²) in [7, 11) is -2.78. The number of nitrogens with one attached hydrogen (secondary N) is 1. The third-order valence-corrected chi connectivity index (χ3v) is 5.91. The van der Waals surface area contributed by atoms with Crippen LogP contribution in [0.25, 0.3) is 0 Å². The lowest BCUT2D eigenvalue weighted by Crippen LogP contribution is -2.35. The fourth-order valence-corrected chi connectivity index (χ4v) is 3.77. The van der Waals surface area contributed by atoms with Crippen molar-refractivity contribution in [2.24, 2.45) is 0 Å². The number of hydrogen-bond acceptors (Lipinski definition) is 5. The van der Waals surface area contributed by atoms with Gasteiger partial charge >= 0.3 is 0 Å². The number of anilines is 1. The van der Waals surface area contributed by atoms with Gasteiger partial charge in [-0.1, -0.05) is 31.2 Å². The smallest absolute Gasteiger partial charge is 0.270 e. The number of amides is 1. The second-order valence-electron chi connectivity index (χ2n) is 6.03. The predicted octanol–water partition coefficient (Wildman–Crippen LogP) is 2.72. The quantitative estimate of drug-likeness (QED) is 0.576. The summed E-state index contributed by atoms with van der Waals surface area (Å²) in [4.78, 5) is 22.3. The molecule has 0 radical (unpaired) electrons. The number of likely N-dealkylation sites (N-methyl/N-ethyl adjacent to an activating group) is 1. The normalized spacial score (nSPS) is 11.4. The van der Waals surface area contributed by atoms with Crippen LogP contribution >= 0.6 is 0 Å². The van der Waals surface area contributed by atoms with E-state index < -0.39 is 27.4 Å². The summed E-state index contributed by atoms with van der Waals surface area (Å²) < 4.78 is 26.1. The molecule has 0 atom stereocenters. The summed E-state index contributed by atoms with van der Waals surface area (Å²) in [5.41, 5.74) is 2.17. The number of hydrogen-bond donors (Lipinski definition) is 1. The lowest BCUT2D eigenvalue weighted by atomic mass is 10.1. The Labute approximate surface area is 158 Å². The number of para-hydroxylation sites is 1. The topological polar surface area (TPSA) is 110 Å². The Bertz CT molecular complexity index is 973. The van der Waals surface area contributed by atoms with Gasteiger partial charge in [-0.15, -0.1) is 0 Å². The monoisotopic (exact) mass is 391 g/mol. The van der Waals surface area contributed by atoms with E-state index in [0.717, 1.165) is 27.9 Å². The summed E-state index contributed by atoms with van der Waals surface area (Å²) >= 11 is 0. The van der Waals surface area contributed by atoms with E-state index in [9.17, 15) is 23.3 Å². The number of benzene rings is 2. The number of nitro groups is 1. The molecule has 2 aromatic carbocycles. The molecule has 2 aromatic rings. The number of sulfonamides is 1. The minimum atomic E-state index is -4.04. The molecule has 0 saturated carbocycles. The first-order valence-electron chi connectivity index (χ1n) is 8.26. The van der Waals surface area contributed by atoms with Crippen molar-refractivity contribution in [3.8, 4) is 0 Å². The van der Waals surface area contributed by atoms with Gasteiger partial charge in [-0.3, -0.25) is 14.9 Å². The van der Waals surface area contributed by atoms with Gasteiger partial charge in [0.05, 0.1) is 16.4 Å². The van der Waals surface area contributed by atoms with Crippen LogP contribution in [-0.2, 0) is 21.2 Å². The van der Waals surface area contributed by atoms with Gasteiger partial charge in [0.15, 0.2) is 0 Å². The van der Waals surface area contributed by atoms with Crippen molar-refractivity contribution < 1.29 is 18.1 Å². The Kier molecular flexibility index (Phi) is 6.29. The first-order valence-corrected chi connectivity index (χ1v) is 9.70. The van der Waals surface area contributed by atoms with E-state index in [1.165, 1.54) is 25.2 Å². The molecule has 1 N–H and O–H groups in total. The Morgan fingerprint density at radius 2 is 1.89 bits per heavy atom. The summed E-state index contributed by atoms with van der Waals surface area (Å²) in [5.74, 6) is -0.490. The molecule has 0 unspecified atom stereocenters. The first kappa shape index (κ1) is 20.5. The van der Waals surface area contributed by atoms with Crippen LogP contribution in [0.4, 0.5) is 11.4 Å². The number of nitrogens with zero attached hydrogens (tertiary/aromatic N) is 2. The molecule has 0 fully saturated rings. The van der Waals surface area contributed by atoms with Gasteiger partial charge in [0.1, 0.15) is 0 Å². The molecule has 27 heavy (non-hydrogen) atoms. The van der Waals surface area contributed by atoms with Gasteiger partial charge in [0.2, 0.25) is 15.9 Å². The van der Waals surface area contributed by atoms with Gasteiger partial charge in [-0.25, -0.2) is 8.42 Å². The van der Waals surface area contributed by atoms with Crippen molar-refractivity contribution in [2.75, 3.05) is 18.9 Å². The molecule has 0 bridgehead atoms. The van der Waals surface area contributed by atoms with Gasteiger partial charge in [0, 0.05) is 24.9 Å². The number of aryl methyl sites for hydroxylation is 2. The Morgan fingerprint density at radius 3 is 2.52 bits per heavy atom. The molecule has 8 nitrogen and oxygen atoms in total. The number of rotatable bonds is 7. The highest BCUT2D eigenvalue weighted by Crippen LogP contribution is 2.22. The Balaban J connectivity index is 2.19. The van der Waals surface area contributed by atoms with Crippen molar-refractivity contribution >= 4 is 27.3 Å². The van der Waals surface area contributed by atoms with Crippen LogP contribution in [0.2, 0.25) is 0 Å². The number of nitro benzene ring substituents is 1. The van der Waals surface area contributed by atoms with Crippen LogP contribution in [-0.4, -0.2) is 37.1 Å². The molecule has 9 heteroatoms.